The maximum Gasteiger partial charge on any atom is 0.0519 e. The molecule has 0 aromatic rings. The SMILES string of the molecule is CC(=CCCCO)CCOC(C)C. The van der Waals surface area contributed by atoms with Crippen molar-refractivity contribution >= 4 is 0 Å². The van der Waals surface area contributed by atoms with Crippen molar-refractivity contribution in [2.45, 2.75) is 46.1 Å². The van der Waals surface area contributed by atoms with Gasteiger partial charge in [-0.25, -0.2) is 0 Å². The van der Waals surface area contributed by atoms with E-state index in [4.69, 9.17) is 9.84 Å². The van der Waals surface area contributed by atoms with E-state index in [0.29, 0.717) is 6.10 Å². The molecule has 0 amide bonds. The van der Waals surface area contributed by atoms with E-state index in [-0.39, 0.29) is 6.61 Å². The summed E-state index contributed by atoms with van der Waals surface area (Å²) >= 11 is 0. The second-order valence-electron chi connectivity index (χ2n) is 3.59. The lowest BCUT2D eigenvalue weighted by molar-refractivity contribution is 0.0813. The molecule has 0 aliphatic carbocycles. The van der Waals surface area contributed by atoms with Crippen molar-refractivity contribution in [2.24, 2.45) is 0 Å². The minimum atomic E-state index is 0.284. The molecular formula is C11H22O2. The van der Waals surface area contributed by atoms with Gasteiger partial charge in [-0.1, -0.05) is 11.6 Å². The zero-order valence-corrected chi connectivity index (χ0v) is 9.05. The van der Waals surface area contributed by atoms with Crippen molar-refractivity contribution in [3.63, 3.8) is 0 Å². The zero-order chi connectivity index (χ0) is 10.1. The maximum absolute atomic E-state index is 8.57. The van der Waals surface area contributed by atoms with Gasteiger partial charge in [0.2, 0.25) is 0 Å². The normalized spacial score (nSPS) is 12.5. The van der Waals surface area contributed by atoms with E-state index in [1.54, 1.807) is 0 Å². The van der Waals surface area contributed by atoms with Gasteiger partial charge < -0.3 is 9.84 Å². The van der Waals surface area contributed by atoms with Crippen LogP contribution in [0.2, 0.25) is 0 Å². The molecule has 1 N–H and O–H groups in total. The second kappa shape index (κ2) is 8.27. The minimum Gasteiger partial charge on any atom is -0.396 e. The Hall–Kier alpha value is -0.340. The van der Waals surface area contributed by atoms with E-state index in [9.17, 15) is 0 Å². The third-order valence-corrected chi connectivity index (χ3v) is 1.80. The van der Waals surface area contributed by atoms with Crippen LogP contribution in [0.4, 0.5) is 0 Å². The summed E-state index contributed by atoms with van der Waals surface area (Å²) in [6.07, 6.45) is 5.35. The highest BCUT2D eigenvalue weighted by Crippen LogP contribution is 2.04. The molecule has 0 radical (unpaired) electrons. The van der Waals surface area contributed by atoms with Crippen molar-refractivity contribution in [1.82, 2.24) is 0 Å². The lowest BCUT2D eigenvalue weighted by atomic mass is 10.1. The Bertz CT molecular complexity index is 139. The second-order valence-corrected chi connectivity index (χ2v) is 3.59. The molecule has 0 atom stereocenters. The van der Waals surface area contributed by atoms with Gasteiger partial charge in [0.1, 0.15) is 0 Å². The van der Waals surface area contributed by atoms with Gasteiger partial charge in [-0.2, -0.15) is 0 Å². The highest BCUT2D eigenvalue weighted by Gasteiger charge is 1.94. The van der Waals surface area contributed by atoms with Gasteiger partial charge in [-0.15, -0.1) is 0 Å². The van der Waals surface area contributed by atoms with Crippen LogP contribution in [0, 0.1) is 0 Å². The summed E-state index contributed by atoms with van der Waals surface area (Å²) in [5, 5.41) is 8.57. The average Bonchev–Trinajstić information content (AvgIpc) is 2.04. The predicted molar refractivity (Wildman–Crippen MR) is 55.8 cm³/mol. The van der Waals surface area contributed by atoms with Crippen molar-refractivity contribution in [2.75, 3.05) is 13.2 Å². The first kappa shape index (κ1) is 12.7. The van der Waals surface area contributed by atoms with Gasteiger partial charge in [-0.05, 0) is 40.0 Å². The number of ether oxygens (including phenoxy) is 1. The zero-order valence-electron chi connectivity index (χ0n) is 9.05. The molecule has 2 nitrogen and oxygen atoms in total. The molecule has 0 saturated carbocycles. The van der Waals surface area contributed by atoms with Gasteiger partial charge in [0.05, 0.1) is 12.7 Å². The lowest BCUT2D eigenvalue weighted by Gasteiger charge is -2.07. The van der Waals surface area contributed by atoms with Crippen LogP contribution >= 0.6 is 0 Å². The lowest BCUT2D eigenvalue weighted by Crippen LogP contribution is -2.03. The number of rotatable bonds is 7. The monoisotopic (exact) mass is 186 g/mol. The van der Waals surface area contributed by atoms with Gasteiger partial charge in [0.15, 0.2) is 0 Å². The smallest absolute Gasteiger partial charge is 0.0519 e. The molecule has 0 saturated heterocycles. The number of aliphatic hydroxyl groups excluding tert-OH is 1. The summed E-state index contributed by atoms with van der Waals surface area (Å²) in [5.41, 5.74) is 1.36. The first-order chi connectivity index (χ1) is 6.16. The first-order valence-electron chi connectivity index (χ1n) is 5.05. The van der Waals surface area contributed by atoms with Crippen LogP contribution in [-0.4, -0.2) is 24.4 Å². The van der Waals surface area contributed by atoms with Crippen LogP contribution in [0.25, 0.3) is 0 Å². The molecule has 0 aliphatic heterocycles. The van der Waals surface area contributed by atoms with Crippen LogP contribution in [-0.2, 0) is 4.74 Å². The van der Waals surface area contributed by atoms with Crippen LogP contribution in [0.5, 0.6) is 0 Å². The summed E-state index contributed by atoms with van der Waals surface area (Å²) in [7, 11) is 0. The Labute approximate surface area is 81.6 Å². The van der Waals surface area contributed by atoms with Crippen LogP contribution in [0.1, 0.15) is 40.0 Å². The third-order valence-electron chi connectivity index (χ3n) is 1.80. The van der Waals surface area contributed by atoms with Gasteiger partial charge >= 0.3 is 0 Å². The van der Waals surface area contributed by atoms with E-state index in [0.717, 1.165) is 25.9 Å². The molecule has 78 valence electrons. The topological polar surface area (TPSA) is 29.5 Å². The summed E-state index contributed by atoms with van der Waals surface area (Å²) < 4.78 is 5.43. The molecule has 0 unspecified atom stereocenters. The van der Waals surface area contributed by atoms with Crippen LogP contribution in [0.3, 0.4) is 0 Å². The Kier molecular flexibility index (Phi) is 8.05. The summed E-state index contributed by atoms with van der Waals surface area (Å²) in [5.74, 6) is 0. The van der Waals surface area contributed by atoms with Gasteiger partial charge in [-0.3, -0.25) is 0 Å². The van der Waals surface area contributed by atoms with Crippen molar-refractivity contribution < 1.29 is 9.84 Å². The van der Waals surface area contributed by atoms with Crippen molar-refractivity contribution in [3.05, 3.63) is 11.6 Å². The molecular weight excluding hydrogens is 164 g/mol. The minimum absolute atomic E-state index is 0.284. The van der Waals surface area contributed by atoms with E-state index in [1.165, 1.54) is 5.57 Å². The van der Waals surface area contributed by atoms with E-state index >= 15 is 0 Å². The molecule has 0 bridgehead atoms. The summed E-state index contributed by atoms with van der Waals surface area (Å²) in [6, 6.07) is 0. The fourth-order valence-electron chi connectivity index (χ4n) is 0.997. The molecule has 0 aromatic heterocycles. The average molecular weight is 186 g/mol. The van der Waals surface area contributed by atoms with Crippen LogP contribution < -0.4 is 0 Å². The molecule has 13 heavy (non-hydrogen) atoms. The summed E-state index contributed by atoms with van der Waals surface area (Å²) in [4.78, 5) is 0. The fourth-order valence-corrected chi connectivity index (χ4v) is 0.997. The fraction of sp³-hybridized carbons (Fsp3) is 0.818. The number of hydrogen-bond acceptors (Lipinski definition) is 2. The number of allylic oxidation sites excluding steroid dienone is 1. The molecule has 0 aliphatic rings. The van der Waals surface area contributed by atoms with E-state index in [2.05, 4.69) is 13.0 Å². The van der Waals surface area contributed by atoms with Gasteiger partial charge in [0, 0.05) is 6.61 Å². The Balaban J connectivity index is 3.38. The van der Waals surface area contributed by atoms with E-state index < -0.39 is 0 Å². The predicted octanol–water partition coefficient (Wildman–Crippen LogP) is 2.52. The number of unbranched alkanes of at least 4 members (excludes halogenated alkanes) is 1. The molecule has 2 heteroatoms. The number of aliphatic hydroxyl groups is 1. The molecule has 0 rings (SSSR count). The Morgan fingerprint density at radius 2 is 2.15 bits per heavy atom. The van der Waals surface area contributed by atoms with Crippen molar-refractivity contribution in [3.8, 4) is 0 Å². The standard InChI is InChI=1S/C11H22O2/c1-10(2)13-9-7-11(3)6-4-5-8-12/h6,10,12H,4-5,7-9H2,1-3H3. The van der Waals surface area contributed by atoms with Crippen molar-refractivity contribution in [1.29, 1.82) is 0 Å². The highest BCUT2D eigenvalue weighted by atomic mass is 16.5. The third kappa shape index (κ3) is 9.57. The largest absolute Gasteiger partial charge is 0.396 e. The van der Waals surface area contributed by atoms with Crippen LogP contribution in [0.15, 0.2) is 11.6 Å². The molecule has 0 heterocycles. The molecule has 0 aromatic carbocycles. The maximum atomic E-state index is 8.57. The Morgan fingerprint density at radius 1 is 1.46 bits per heavy atom. The first-order valence-corrected chi connectivity index (χ1v) is 5.05. The molecule has 0 fully saturated rings. The Morgan fingerprint density at radius 3 is 2.69 bits per heavy atom. The quantitative estimate of drug-likeness (QED) is 0.489. The summed E-state index contributed by atoms with van der Waals surface area (Å²) in [6.45, 7) is 7.29. The highest BCUT2D eigenvalue weighted by molar-refractivity contribution is 4.97. The van der Waals surface area contributed by atoms with Gasteiger partial charge in [0.25, 0.3) is 0 Å². The number of hydrogen-bond donors (Lipinski definition) is 1. The molecule has 0 spiro atoms. The van der Waals surface area contributed by atoms with E-state index in [1.807, 2.05) is 13.8 Å².